The molecule has 0 spiro atoms. The molecule has 1 saturated carbocycles. The largest absolute Gasteiger partial charge is 0.356 e. The molecule has 0 atom stereocenters. The molecule has 0 unspecified atom stereocenters. The molecule has 2 amide bonds. The van der Waals surface area contributed by atoms with E-state index in [1.807, 2.05) is 32.0 Å². The van der Waals surface area contributed by atoms with Crippen molar-refractivity contribution in [3.63, 3.8) is 0 Å². The standard InChI is InChI=1S/C24H29FN2O2/c1-16-3-12-22(15-17(16)2)27-24(29)20-8-6-19(7-9-20)23(28)26-14-13-18-4-10-21(25)11-5-18/h3-5,10-12,15,19-20H,6-9,13-14H2,1-2H3,(H,26,28)(H,27,29). The highest BCUT2D eigenvalue weighted by Gasteiger charge is 2.29. The number of rotatable bonds is 6. The third kappa shape index (κ3) is 5.89. The van der Waals surface area contributed by atoms with Gasteiger partial charge in [-0.3, -0.25) is 9.59 Å². The molecule has 1 fully saturated rings. The number of hydrogen-bond donors (Lipinski definition) is 2. The van der Waals surface area contributed by atoms with Crippen LogP contribution >= 0.6 is 0 Å². The van der Waals surface area contributed by atoms with Gasteiger partial charge >= 0.3 is 0 Å². The van der Waals surface area contributed by atoms with Gasteiger partial charge in [-0.05, 0) is 86.9 Å². The van der Waals surface area contributed by atoms with Gasteiger partial charge in [0.05, 0.1) is 0 Å². The van der Waals surface area contributed by atoms with Gasteiger partial charge in [0.1, 0.15) is 5.82 Å². The second kappa shape index (κ2) is 9.68. The maximum Gasteiger partial charge on any atom is 0.227 e. The van der Waals surface area contributed by atoms with Gasteiger partial charge in [0, 0.05) is 24.1 Å². The lowest BCUT2D eigenvalue weighted by molar-refractivity contribution is -0.128. The van der Waals surface area contributed by atoms with Gasteiger partial charge in [-0.1, -0.05) is 18.2 Å². The summed E-state index contributed by atoms with van der Waals surface area (Å²) >= 11 is 0. The van der Waals surface area contributed by atoms with Gasteiger partial charge in [-0.2, -0.15) is 0 Å². The Kier molecular flexibility index (Phi) is 7.02. The average Bonchev–Trinajstić information content (AvgIpc) is 2.72. The third-order valence-electron chi connectivity index (χ3n) is 5.87. The molecule has 154 valence electrons. The van der Waals surface area contributed by atoms with E-state index in [4.69, 9.17) is 0 Å². The van der Waals surface area contributed by atoms with Crippen LogP contribution in [0.4, 0.5) is 10.1 Å². The molecule has 0 saturated heterocycles. The molecule has 29 heavy (non-hydrogen) atoms. The fraction of sp³-hybridized carbons (Fsp3) is 0.417. The van der Waals surface area contributed by atoms with E-state index >= 15 is 0 Å². The molecule has 1 aliphatic carbocycles. The number of hydrogen-bond acceptors (Lipinski definition) is 2. The van der Waals surface area contributed by atoms with Crippen LogP contribution in [-0.4, -0.2) is 18.4 Å². The Morgan fingerprint density at radius 2 is 1.52 bits per heavy atom. The van der Waals surface area contributed by atoms with Gasteiger partial charge in [0.25, 0.3) is 0 Å². The van der Waals surface area contributed by atoms with Crippen molar-refractivity contribution < 1.29 is 14.0 Å². The van der Waals surface area contributed by atoms with E-state index < -0.39 is 0 Å². The van der Waals surface area contributed by atoms with Crippen LogP contribution < -0.4 is 10.6 Å². The van der Waals surface area contributed by atoms with Gasteiger partial charge in [0.2, 0.25) is 11.8 Å². The van der Waals surface area contributed by atoms with E-state index in [0.29, 0.717) is 13.0 Å². The molecule has 0 heterocycles. The topological polar surface area (TPSA) is 58.2 Å². The molecule has 0 bridgehead atoms. The maximum absolute atomic E-state index is 12.9. The Labute approximate surface area is 171 Å². The van der Waals surface area contributed by atoms with E-state index in [-0.39, 0.29) is 29.5 Å². The SMILES string of the molecule is Cc1ccc(NC(=O)C2CCC(C(=O)NCCc3ccc(F)cc3)CC2)cc1C. The first kappa shape index (κ1) is 21.0. The predicted molar refractivity (Wildman–Crippen MR) is 113 cm³/mol. The molecule has 2 aromatic carbocycles. The van der Waals surface area contributed by atoms with Crippen LogP contribution in [0.5, 0.6) is 0 Å². The molecule has 3 rings (SSSR count). The predicted octanol–water partition coefficient (Wildman–Crippen LogP) is 4.55. The van der Waals surface area contributed by atoms with Crippen molar-refractivity contribution in [2.24, 2.45) is 11.8 Å². The number of nitrogens with one attached hydrogen (secondary N) is 2. The van der Waals surface area contributed by atoms with Gasteiger partial charge < -0.3 is 10.6 Å². The van der Waals surface area contributed by atoms with Crippen LogP contribution in [0.1, 0.15) is 42.4 Å². The molecule has 0 radical (unpaired) electrons. The normalized spacial score (nSPS) is 18.9. The summed E-state index contributed by atoms with van der Waals surface area (Å²) in [5.74, 6) is -0.228. The van der Waals surface area contributed by atoms with Gasteiger partial charge in [0.15, 0.2) is 0 Å². The summed E-state index contributed by atoms with van der Waals surface area (Å²) in [6.45, 7) is 4.62. The number of carbonyl (C=O) groups is 2. The van der Waals surface area contributed by atoms with Crippen molar-refractivity contribution in [2.45, 2.75) is 46.0 Å². The fourth-order valence-corrected chi connectivity index (χ4v) is 3.81. The lowest BCUT2D eigenvalue weighted by Crippen LogP contribution is -2.36. The molecule has 2 aromatic rings. The summed E-state index contributed by atoms with van der Waals surface area (Å²) in [5.41, 5.74) is 4.19. The minimum atomic E-state index is -0.254. The number of aryl methyl sites for hydroxylation is 2. The Hall–Kier alpha value is -2.69. The summed E-state index contributed by atoms with van der Waals surface area (Å²) < 4.78 is 12.9. The van der Waals surface area contributed by atoms with E-state index in [9.17, 15) is 14.0 Å². The molecular weight excluding hydrogens is 367 g/mol. The van der Waals surface area contributed by atoms with E-state index in [0.717, 1.165) is 42.5 Å². The van der Waals surface area contributed by atoms with Gasteiger partial charge in [-0.15, -0.1) is 0 Å². The lowest BCUT2D eigenvalue weighted by Gasteiger charge is -2.27. The van der Waals surface area contributed by atoms with Crippen molar-refractivity contribution in [1.82, 2.24) is 5.32 Å². The molecule has 5 heteroatoms. The number of anilines is 1. The average molecular weight is 397 g/mol. The lowest BCUT2D eigenvalue weighted by atomic mass is 9.81. The smallest absolute Gasteiger partial charge is 0.227 e. The molecule has 4 nitrogen and oxygen atoms in total. The molecule has 2 N–H and O–H groups in total. The Balaban J connectivity index is 1.40. The van der Waals surface area contributed by atoms with Crippen LogP contribution in [0.25, 0.3) is 0 Å². The Bertz CT molecular complexity index is 856. The molecule has 0 aromatic heterocycles. The van der Waals surface area contributed by atoms with Crippen molar-refractivity contribution in [2.75, 3.05) is 11.9 Å². The van der Waals surface area contributed by atoms with E-state index in [1.165, 1.54) is 17.7 Å². The van der Waals surface area contributed by atoms with Gasteiger partial charge in [-0.25, -0.2) is 4.39 Å². The highest BCUT2D eigenvalue weighted by Crippen LogP contribution is 2.30. The Morgan fingerprint density at radius 3 is 2.14 bits per heavy atom. The monoisotopic (exact) mass is 396 g/mol. The van der Waals surface area contributed by atoms with Crippen LogP contribution in [0.2, 0.25) is 0 Å². The zero-order valence-corrected chi connectivity index (χ0v) is 17.1. The molecule has 0 aliphatic heterocycles. The highest BCUT2D eigenvalue weighted by molar-refractivity contribution is 5.93. The fourth-order valence-electron chi connectivity index (χ4n) is 3.81. The first-order valence-electron chi connectivity index (χ1n) is 10.3. The number of benzene rings is 2. The number of carbonyl (C=O) groups excluding carboxylic acids is 2. The quantitative estimate of drug-likeness (QED) is 0.753. The van der Waals surface area contributed by atoms with Crippen molar-refractivity contribution in [3.05, 3.63) is 65.0 Å². The molecular formula is C24H29FN2O2. The summed E-state index contributed by atoms with van der Waals surface area (Å²) in [7, 11) is 0. The summed E-state index contributed by atoms with van der Waals surface area (Å²) in [5, 5.41) is 5.99. The third-order valence-corrected chi connectivity index (χ3v) is 5.87. The number of halogens is 1. The van der Waals surface area contributed by atoms with Crippen molar-refractivity contribution >= 4 is 17.5 Å². The van der Waals surface area contributed by atoms with E-state index in [1.54, 1.807) is 12.1 Å². The maximum atomic E-state index is 12.9. The van der Waals surface area contributed by atoms with E-state index in [2.05, 4.69) is 10.6 Å². The first-order chi connectivity index (χ1) is 13.9. The van der Waals surface area contributed by atoms with Crippen LogP contribution in [0.3, 0.4) is 0 Å². The first-order valence-corrected chi connectivity index (χ1v) is 10.3. The molecule has 1 aliphatic rings. The van der Waals surface area contributed by atoms with Crippen molar-refractivity contribution in [3.8, 4) is 0 Å². The minimum absolute atomic E-state index is 0.0334. The van der Waals surface area contributed by atoms with Crippen LogP contribution in [-0.2, 0) is 16.0 Å². The van der Waals surface area contributed by atoms with Crippen molar-refractivity contribution in [1.29, 1.82) is 0 Å². The number of amides is 2. The Morgan fingerprint density at radius 1 is 0.897 bits per heavy atom. The second-order valence-electron chi connectivity index (χ2n) is 8.00. The highest BCUT2D eigenvalue weighted by atomic mass is 19.1. The zero-order chi connectivity index (χ0) is 20.8. The summed E-state index contributed by atoms with van der Waals surface area (Å²) in [6.07, 6.45) is 3.60. The summed E-state index contributed by atoms with van der Waals surface area (Å²) in [4.78, 5) is 25.0. The van der Waals surface area contributed by atoms with Crippen LogP contribution in [0, 0.1) is 31.5 Å². The minimum Gasteiger partial charge on any atom is -0.356 e. The zero-order valence-electron chi connectivity index (χ0n) is 17.1. The summed E-state index contributed by atoms with van der Waals surface area (Å²) in [6, 6.07) is 12.3. The van der Waals surface area contributed by atoms with Crippen LogP contribution in [0.15, 0.2) is 42.5 Å². The second-order valence-corrected chi connectivity index (χ2v) is 8.00.